The van der Waals surface area contributed by atoms with Gasteiger partial charge in [0, 0.05) is 23.8 Å². The monoisotopic (exact) mass is 438 g/mol. The Hall–Kier alpha value is -4.21. The number of hydrogen-bond acceptors (Lipinski definition) is 5. The molecule has 2 N–H and O–H groups in total. The molecule has 4 rings (SSSR count). The molecule has 0 unspecified atom stereocenters. The summed E-state index contributed by atoms with van der Waals surface area (Å²) in [6.45, 7) is 0. The van der Waals surface area contributed by atoms with Crippen LogP contribution >= 0.6 is 0 Å². The second-order valence-corrected chi connectivity index (χ2v) is 6.85. The number of nitrogens with one attached hydrogen (secondary N) is 2. The molecular formula is C22H17F3N6O. The number of alkyl halides is 3. The molecule has 0 saturated heterocycles. The fourth-order valence-corrected chi connectivity index (χ4v) is 2.95. The van der Waals surface area contributed by atoms with E-state index in [0.717, 1.165) is 17.8 Å². The lowest BCUT2D eigenvalue weighted by Crippen LogP contribution is -2.15. The van der Waals surface area contributed by atoms with Gasteiger partial charge in [-0.05, 0) is 54.1 Å². The van der Waals surface area contributed by atoms with Gasteiger partial charge in [0.15, 0.2) is 11.6 Å². The van der Waals surface area contributed by atoms with Crippen molar-refractivity contribution in [2.45, 2.75) is 12.6 Å². The number of nitrogens with zero attached hydrogens (tertiary/aromatic N) is 4. The fourth-order valence-electron chi connectivity index (χ4n) is 2.95. The SMILES string of the molecule is O=C(Cc1cccc(C(F)(F)F)c1)Nc1ccc(Nc2ccc(-n3cccn3)nn2)cc1. The molecule has 10 heteroatoms. The first kappa shape index (κ1) is 21.0. The van der Waals surface area contributed by atoms with Gasteiger partial charge >= 0.3 is 6.18 Å². The number of anilines is 3. The molecule has 162 valence electrons. The molecule has 0 aliphatic heterocycles. The Morgan fingerprint density at radius 2 is 1.72 bits per heavy atom. The van der Waals surface area contributed by atoms with Crippen molar-refractivity contribution in [2.24, 2.45) is 0 Å². The molecule has 7 nitrogen and oxygen atoms in total. The Morgan fingerprint density at radius 1 is 0.938 bits per heavy atom. The van der Waals surface area contributed by atoms with Gasteiger partial charge in [0.2, 0.25) is 5.91 Å². The summed E-state index contributed by atoms with van der Waals surface area (Å²) in [6.07, 6.45) is -1.20. The summed E-state index contributed by atoms with van der Waals surface area (Å²) in [4.78, 5) is 12.2. The summed E-state index contributed by atoms with van der Waals surface area (Å²) in [5.74, 6) is 0.701. The van der Waals surface area contributed by atoms with Crippen LogP contribution in [0.5, 0.6) is 0 Å². The number of carbonyl (C=O) groups is 1. The summed E-state index contributed by atoms with van der Waals surface area (Å²) in [6, 6.07) is 16.9. The average molecular weight is 438 g/mol. The number of aromatic nitrogens is 4. The van der Waals surface area contributed by atoms with Crippen LogP contribution in [-0.2, 0) is 17.4 Å². The van der Waals surface area contributed by atoms with E-state index in [1.54, 1.807) is 59.5 Å². The first-order chi connectivity index (χ1) is 15.4. The topological polar surface area (TPSA) is 84.7 Å². The molecule has 0 atom stereocenters. The van der Waals surface area contributed by atoms with Crippen LogP contribution in [0.4, 0.5) is 30.4 Å². The minimum Gasteiger partial charge on any atom is -0.339 e. The Bertz CT molecular complexity index is 1190. The van der Waals surface area contributed by atoms with Gasteiger partial charge in [0.25, 0.3) is 0 Å². The first-order valence-corrected chi connectivity index (χ1v) is 9.54. The number of halogens is 3. The van der Waals surface area contributed by atoms with E-state index < -0.39 is 17.6 Å². The van der Waals surface area contributed by atoms with Gasteiger partial charge < -0.3 is 10.6 Å². The highest BCUT2D eigenvalue weighted by Gasteiger charge is 2.30. The minimum atomic E-state index is -4.45. The van der Waals surface area contributed by atoms with Crippen molar-refractivity contribution < 1.29 is 18.0 Å². The highest BCUT2D eigenvalue weighted by Crippen LogP contribution is 2.29. The summed E-state index contributed by atoms with van der Waals surface area (Å²) >= 11 is 0. The van der Waals surface area contributed by atoms with Gasteiger partial charge in [-0.2, -0.15) is 18.3 Å². The zero-order chi connectivity index (χ0) is 22.6. The number of hydrogen-bond donors (Lipinski definition) is 2. The van der Waals surface area contributed by atoms with Crippen molar-refractivity contribution >= 4 is 23.1 Å². The molecule has 1 amide bonds. The van der Waals surface area contributed by atoms with E-state index in [-0.39, 0.29) is 12.0 Å². The summed E-state index contributed by atoms with van der Waals surface area (Å²) in [5.41, 5.74) is 0.751. The Morgan fingerprint density at radius 3 is 2.38 bits per heavy atom. The molecule has 0 spiro atoms. The molecule has 32 heavy (non-hydrogen) atoms. The van der Waals surface area contributed by atoms with Crippen molar-refractivity contribution in [3.63, 3.8) is 0 Å². The lowest BCUT2D eigenvalue weighted by Gasteiger charge is -2.10. The average Bonchev–Trinajstić information content (AvgIpc) is 3.30. The molecule has 0 saturated carbocycles. The zero-order valence-electron chi connectivity index (χ0n) is 16.5. The normalized spacial score (nSPS) is 11.2. The largest absolute Gasteiger partial charge is 0.416 e. The lowest BCUT2D eigenvalue weighted by atomic mass is 10.1. The first-order valence-electron chi connectivity index (χ1n) is 9.54. The van der Waals surface area contributed by atoms with Crippen LogP contribution in [-0.4, -0.2) is 25.9 Å². The van der Waals surface area contributed by atoms with Crippen molar-refractivity contribution in [3.05, 3.63) is 90.3 Å². The van der Waals surface area contributed by atoms with E-state index in [4.69, 9.17) is 0 Å². The van der Waals surface area contributed by atoms with Gasteiger partial charge in [0.05, 0.1) is 12.0 Å². The second kappa shape index (κ2) is 8.88. The molecule has 2 aromatic carbocycles. The van der Waals surface area contributed by atoms with Gasteiger partial charge in [-0.15, -0.1) is 10.2 Å². The van der Waals surface area contributed by atoms with Crippen molar-refractivity contribution in [1.29, 1.82) is 0 Å². The number of rotatable bonds is 6. The molecular weight excluding hydrogens is 421 g/mol. The Kier molecular flexibility index (Phi) is 5.84. The molecule has 0 aliphatic carbocycles. The highest BCUT2D eigenvalue weighted by atomic mass is 19.4. The quantitative estimate of drug-likeness (QED) is 0.459. The lowest BCUT2D eigenvalue weighted by molar-refractivity contribution is -0.137. The summed E-state index contributed by atoms with van der Waals surface area (Å²) < 4.78 is 40.0. The second-order valence-electron chi connectivity index (χ2n) is 6.85. The van der Waals surface area contributed by atoms with Crippen LogP contribution in [0.3, 0.4) is 0 Å². The standard InChI is InChI=1S/C22H17F3N6O/c23-22(24,25)16-4-1-3-15(13-16)14-21(32)28-18-7-5-17(6-8-18)27-19-9-10-20(30-29-19)31-12-2-11-26-31/h1-13H,14H2,(H,27,29)(H,28,32). The number of carbonyl (C=O) groups excluding carboxylic acids is 1. The maximum atomic E-state index is 12.8. The fraction of sp³-hybridized carbons (Fsp3) is 0.0909. The molecule has 2 heterocycles. The van der Waals surface area contributed by atoms with E-state index in [0.29, 0.717) is 17.3 Å². The highest BCUT2D eigenvalue weighted by molar-refractivity contribution is 5.92. The number of amides is 1. The van der Waals surface area contributed by atoms with Gasteiger partial charge in [0.1, 0.15) is 0 Å². The van der Waals surface area contributed by atoms with Crippen LogP contribution in [0.25, 0.3) is 5.82 Å². The molecule has 0 fully saturated rings. The van der Waals surface area contributed by atoms with Crippen molar-refractivity contribution in [2.75, 3.05) is 10.6 Å². The predicted molar refractivity (Wildman–Crippen MR) is 113 cm³/mol. The Balaban J connectivity index is 1.34. The summed E-state index contributed by atoms with van der Waals surface area (Å²) in [7, 11) is 0. The van der Waals surface area contributed by atoms with Gasteiger partial charge in [-0.25, -0.2) is 4.68 Å². The molecule has 0 bridgehead atoms. The van der Waals surface area contributed by atoms with Crippen LogP contribution in [0.15, 0.2) is 79.1 Å². The van der Waals surface area contributed by atoms with E-state index in [1.165, 1.54) is 12.1 Å². The third-order valence-electron chi connectivity index (χ3n) is 4.45. The predicted octanol–water partition coefficient (Wildman–Crippen LogP) is 4.61. The maximum absolute atomic E-state index is 12.8. The van der Waals surface area contributed by atoms with Gasteiger partial charge in [-0.1, -0.05) is 18.2 Å². The molecule has 0 aliphatic rings. The molecule has 0 radical (unpaired) electrons. The Labute approximate surface area is 180 Å². The minimum absolute atomic E-state index is 0.165. The van der Waals surface area contributed by atoms with Crippen molar-refractivity contribution in [3.8, 4) is 5.82 Å². The van der Waals surface area contributed by atoms with Gasteiger partial charge in [-0.3, -0.25) is 4.79 Å². The van der Waals surface area contributed by atoms with Crippen LogP contribution in [0.1, 0.15) is 11.1 Å². The molecule has 4 aromatic rings. The van der Waals surface area contributed by atoms with Crippen LogP contribution < -0.4 is 10.6 Å². The van der Waals surface area contributed by atoms with E-state index >= 15 is 0 Å². The van der Waals surface area contributed by atoms with E-state index in [2.05, 4.69) is 25.9 Å². The maximum Gasteiger partial charge on any atom is 0.416 e. The van der Waals surface area contributed by atoms with Crippen molar-refractivity contribution in [1.82, 2.24) is 20.0 Å². The smallest absolute Gasteiger partial charge is 0.339 e. The summed E-state index contributed by atoms with van der Waals surface area (Å²) in [5, 5.41) is 18.1. The van der Waals surface area contributed by atoms with Crippen LogP contribution in [0, 0.1) is 0 Å². The van der Waals surface area contributed by atoms with E-state index in [9.17, 15) is 18.0 Å². The number of benzene rings is 2. The zero-order valence-corrected chi connectivity index (χ0v) is 16.5. The van der Waals surface area contributed by atoms with E-state index in [1.807, 2.05) is 0 Å². The van der Waals surface area contributed by atoms with Crippen LogP contribution in [0.2, 0.25) is 0 Å². The molecule has 2 aromatic heterocycles. The third-order valence-corrected chi connectivity index (χ3v) is 4.45. The third kappa shape index (κ3) is 5.28.